The highest BCUT2D eigenvalue weighted by atomic mass is 79.9. The summed E-state index contributed by atoms with van der Waals surface area (Å²) in [5.74, 6) is 1.28. The number of benzene rings is 2. The smallest absolute Gasteiger partial charge is 0.0295 e. The molecular formula is C15H13Br. The van der Waals surface area contributed by atoms with Crippen LogP contribution in [0.4, 0.5) is 0 Å². The van der Waals surface area contributed by atoms with Gasteiger partial charge in [0.2, 0.25) is 0 Å². The first kappa shape index (κ1) is 10.1. The summed E-state index contributed by atoms with van der Waals surface area (Å²) in [4.78, 5) is 0.595. The third-order valence-corrected chi connectivity index (χ3v) is 4.44. The zero-order chi connectivity index (χ0) is 11.0. The molecule has 0 saturated heterocycles. The summed E-state index contributed by atoms with van der Waals surface area (Å²) in [6, 6.07) is 21.5. The molecule has 3 atom stereocenters. The summed E-state index contributed by atoms with van der Waals surface area (Å²) >= 11 is 3.79. The fourth-order valence-corrected chi connectivity index (χ4v) is 3.50. The quantitative estimate of drug-likeness (QED) is 0.714. The lowest BCUT2D eigenvalue weighted by molar-refractivity contribution is 1.03. The molecule has 16 heavy (non-hydrogen) atoms. The van der Waals surface area contributed by atoms with E-state index in [1.165, 1.54) is 11.1 Å². The molecule has 1 heteroatoms. The summed E-state index contributed by atoms with van der Waals surface area (Å²) in [7, 11) is 0. The van der Waals surface area contributed by atoms with Crippen molar-refractivity contribution in [3.63, 3.8) is 0 Å². The highest BCUT2D eigenvalue weighted by molar-refractivity contribution is 9.09. The normalized spacial score (nSPS) is 27.7. The van der Waals surface area contributed by atoms with Gasteiger partial charge in [-0.15, -0.1) is 0 Å². The van der Waals surface area contributed by atoms with E-state index in [0.717, 1.165) is 0 Å². The molecular weight excluding hydrogens is 260 g/mol. The maximum Gasteiger partial charge on any atom is 0.0295 e. The van der Waals surface area contributed by atoms with Crippen molar-refractivity contribution in [3.8, 4) is 0 Å². The van der Waals surface area contributed by atoms with Crippen LogP contribution in [-0.2, 0) is 0 Å². The molecule has 0 aromatic heterocycles. The van der Waals surface area contributed by atoms with Gasteiger partial charge in [-0.1, -0.05) is 76.6 Å². The second-order valence-electron chi connectivity index (χ2n) is 4.32. The van der Waals surface area contributed by atoms with Gasteiger partial charge in [-0.05, 0) is 11.1 Å². The Labute approximate surface area is 104 Å². The Morgan fingerprint density at radius 1 is 0.625 bits per heavy atom. The van der Waals surface area contributed by atoms with E-state index in [0.29, 0.717) is 16.7 Å². The van der Waals surface area contributed by atoms with Crippen molar-refractivity contribution in [1.29, 1.82) is 0 Å². The molecule has 1 saturated carbocycles. The molecule has 1 aliphatic rings. The van der Waals surface area contributed by atoms with Crippen molar-refractivity contribution >= 4 is 15.9 Å². The lowest BCUT2D eigenvalue weighted by Gasteiger charge is -1.99. The van der Waals surface area contributed by atoms with E-state index in [2.05, 4.69) is 76.6 Å². The van der Waals surface area contributed by atoms with Gasteiger partial charge in [-0.2, -0.15) is 0 Å². The molecule has 1 aliphatic carbocycles. The zero-order valence-electron chi connectivity index (χ0n) is 8.88. The first-order valence-corrected chi connectivity index (χ1v) is 6.53. The van der Waals surface area contributed by atoms with Crippen LogP contribution in [-0.4, -0.2) is 4.83 Å². The van der Waals surface area contributed by atoms with Crippen LogP contribution in [0.25, 0.3) is 0 Å². The summed E-state index contributed by atoms with van der Waals surface area (Å²) < 4.78 is 0. The van der Waals surface area contributed by atoms with E-state index in [1.54, 1.807) is 0 Å². The van der Waals surface area contributed by atoms with Crippen LogP contribution in [0.5, 0.6) is 0 Å². The maximum absolute atomic E-state index is 3.79. The number of halogens is 1. The summed E-state index contributed by atoms with van der Waals surface area (Å²) in [6.45, 7) is 0. The minimum atomic E-state index is 0.595. The maximum atomic E-state index is 3.79. The monoisotopic (exact) mass is 272 g/mol. The Morgan fingerprint density at radius 2 is 1.00 bits per heavy atom. The predicted octanol–water partition coefficient (Wildman–Crippen LogP) is 4.33. The van der Waals surface area contributed by atoms with Gasteiger partial charge in [0.1, 0.15) is 0 Å². The number of rotatable bonds is 2. The average Bonchev–Trinajstić information content (AvgIpc) is 3.03. The number of alkyl halides is 1. The minimum absolute atomic E-state index is 0.595. The summed E-state index contributed by atoms with van der Waals surface area (Å²) in [5.41, 5.74) is 2.89. The van der Waals surface area contributed by atoms with E-state index in [-0.39, 0.29) is 0 Å². The van der Waals surface area contributed by atoms with Crippen molar-refractivity contribution in [2.24, 2.45) is 0 Å². The van der Waals surface area contributed by atoms with Crippen molar-refractivity contribution in [3.05, 3.63) is 71.8 Å². The second kappa shape index (κ2) is 4.06. The molecule has 0 nitrogen and oxygen atoms in total. The van der Waals surface area contributed by atoms with Gasteiger partial charge in [0.15, 0.2) is 0 Å². The van der Waals surface area contributed by atoms with E-state index in [4.69, 9.17) is 0 Å². The van der Waals surface area contributed by atoms with E-state index in [1.807, 2.05) is 0 Å². The van der Waals surface area contributed by atoms with Gasteiger partial charge >= 0.3 is 0 Å². The van der Waals surface area contributed by atoms with Crippen molar-refractivity contribution in [2.75, 3.05) is 0 Å². The fraction of sp³-hybridized carbons (Fsp3) is 0.200. The van der Waals surface area contributed by atoms with Crippen molar-refractivity contribution < 1.29 is 0 Å². The Hall–Kier alpha value is -1.08. The Morgan fingerprint density at radius 3 is 1.38 bits per heavy atom. The van der Waals surface area contributed by atoms with E-state index >= 15 is 0 Å². The molecule has 0 heterocycles. The molecule has 3 rings (SSSR count). The molecule has 2 aromatic carbocycles. The SMILES string of the molecule is BrC1C(c2ccccc2)[C@H]1c1ccccc1. The Kier molecular flexibility index (Phi) is 2.56. The number of hydrogen-bond acceptors (Lipinski definition) is 0. The van der Waals surface area contributed by atoms with E-state index < -0.39 is 0 Å². The largest absolute Gasteiger partial charge is 0.0877 e. The standard InChI is InChI=1S/C15H13Br/c16-15-13(11-7-3-1-4-8-11)14(15)12-9-5-2-6-10-12/h1-10,13-15H/t13-,14?,15?/m1/s1. The lowest BCUT2D eigenvalue weighted by atomic mass is 10.0. The molecule has 0 bridgehead atoms. The van der Waals surface area contributed by atoms with Crippen LogP contribution in [0, 0.1) is 0 Å². The predicted molar refractivity (Wildman–Crippen MR) is 71.1 cm³/mol. The second-order valence-corrected chi connectivity index (χ2v) is 5.37. The summed E-state index contributed by atoms with van der Waals surface area (Å²) in [6.07, 6.45) is 0. The highest BCUT2D eigenvalue weighted by Gasteiger charge is 2.49. The molecule has 2 unspecified atom stereocenters. The molecule has 0 amide bonds. The van der Waals surface area contributed by atoms with Gasteiger partial charge in [-0.25, -0.2) is 0 Å². The third kappa shape index (κ3) is 1.69. The number of hydrogen-bond donors (Lipinski definition) is 0. The third-order valence-electron chi connectivity index (χ3n) is 3.30. The Bertz CT molecular complexity index is 418. The lowest BCUT2D eigenvalue weighted by Crippen LogP contribution is -1.82. The van der Waals surface area contributed by atoms with Gasteiger partial charge < -0.3 is 0 Å². The van der Waals surface area contributed by atoms with Crippen LogP contribution in [0.15, 0.2) is 60.7 Å². The van der Waals surface area contributed by atoms with Gasteiger partial charge in [0.25, 0.3) is 0 Å². The average molecular weight is 273 g/mol. The van der Waals surface area contributed by atoms with Crippen LogP contribution < -0.4 is 0 Å². The first-order valence-electron chi connectivity index (χ1n) is 5.62. The van der Waals surface area contributed by atoms with Gasteiger partial charge in [0, 0.05) is 16.7 Å². The molecule has 1 fully saturated rings. The molecule has 80 valence electrons. The highest BCUT2D eigenvalue weighted by Crippen LogP contribution is 2.59. The molecule has 0 radical (unpaired) electrons. The van der Waals surface area contributed by atoms with Crippen LogP contribution in [0.3, 0.4) is 0 Å². The molecule has 0 aliphatic heterocycles. The first-order chi connectivity index (χ1) is 7.88. The topological polar surface area (TPSA) is 0 Å². The minimum Gasteiger partial charge on any atom is -0.0877 e. The summed E-state index contributed by atoms with van der Waals surface area (Å²) in [5, 5.41) is 0. The van der Waals surface area contributed by atoms with E-state index in [9.17, 15) is 0 Å². The van der Waals surface area contributed by atoms with Crippen molar-refractivity contribution in [1.82, 2.24) is 0 Å². The van der Waals surface area contributed by atoms with Gasteiger partial charge in [-0.3, -0.25) is 0 Å². The molecule has 0 N–H and O–H groups in total. The Balaban J connectivity index is 1.87. The fourth-order valence-electron chi connectivity index (χ4n) is 2.41. The molecule has 2 aromatic rings. The molecule has 0 spiro atoms. The zero-order valence-corrected chi connectivity index (χ0v) is 10.5. The van der Waals surface area contributed by atoms with Crippen LogP contribution >= 0.6 is 15.9 Å². The van der Waals surface area contributed by atoms with Crippen LogP contribution in [0.1, 0.15) is 23.0 Å². The van der Waals surface area contributed by atoms with Gasteiger partial charge in [0.05, 0.1) is 0 Å². The van der Waals surface area contributed by atoms with Crippen LogP contribution in [0.2, 0.25) is 0 Å². The van der Waals surface area contributed by atoms with Crippen molar-refractivity contribution in [2.45, 2.75) is 16.7 Å².